The van der Waals surface area contributed by atoms with Gasteiger partial charge in [-0.25, -0.2) is 9.59 Å². The lowest BCUT2D eigenvalue weighted by molar-refractivity contribution is -0.136. The number of allylic oxidation sites excluding steroid dienone is 1. The van der Waals surface area contributed by atoms with Gasteiger partial charge in [-0.1, -0.05) is 35.9 Å². The number of nitrogens with zero attached hydrogens (tertiary/aromatic N) is 1. The van der Waals surface area contributed by atoms with Gasteiger partial charge in [-0.2, -0.15) is 5.10 Å². The van der Waals surface area contributed by atoms with Gasteiger partial charge in [0, 0.05) is 16.3 Å². The molecule has 3 aromatic rings. The van der Waals surface area contributed by atoms with E-state index in [4.69, 9.17) is 35.3 Å². The maximum Gasteiger partial charge on any atom is 0.337 e. The van der Waals surface area contributed by atoms with Gasteiger partial charge in [0.05, 0.1) is 43.1 Å². The van der Waals surface area contributed by atoms with E-state index in [1.54, 1.807) is 43.3 Å². The molecule has 46 heavy (non-hydrogen) atoms. The number of amides is 2. The van der Waals surface area contributed by atoms with Crippen molar-refractivity contribution in [3.05, 3.63) is 92.1 Å². The summed E-state index contributed by atoms with van der Waals surface area (Å²) < 4.78 is 28.6. The van der Waals surface area contributed by atoms with Crippen LogP contribution in [0.1, 0.15) is 36.6 Å². The number of aliphatic hydroxyl groups is 1. The van der Waals surface area contributed by atoms with Crippen LogP contribution in [0.3, 0.4) is 0 Å². The number of carbonyl (C=O) groups excluding carboxylic acids is 2. The summed E-state index contributed by atoms with van der Waals surface area (Å²) in [5.74, 6) is 1.11. The first-order valence-corrected chi connectivity index (χ1v) is 15.3. The van der Waals surface area contributed by atoms with Crippen molar-refractivity contribution in [3.8, 4) is 23.0 Å². The fraction of sp³-hybridized carbons (Fsp3) is 0.281. The topological polar surface area (TPSA) is 149 Å². The molecular formula is C32H34BrClN4O8. The standard InChI is InChI=1S/C32H34BrClN4O8/c1-5-44-25-14-20(29-28(31(40)43-4)18(2)36-32(41)37-29)10-11-24(25)45-17-27(39)38-35-15-19-12-22(33)30(26(13-19)42-3)46-16-21-8-6-7-9-23(21)34/h6-15,27,29,38-39H,5,16-17H2,1-4H3,(H2,36,37,41)/b35-15+/t27-,29+/m0/s1. The van der Waals surface area contributed by atoms with E-state index < -0.39 is 24.3 Å². The van der Waals surface area contributed by atoms with Crippen molar-refractivity contribution in [2.45, 2.75) is 32.7 Å². The number of hydrogen-bond donors (Lipinski definition) is 4. The molecule has 14 heteroatoms. The van der Waals surface area contributed by atoms with Crippen molar-refractivity contribution in [3.63, 3.8) is 0 Å². The van der Waals surface area contributed by atoms with Gasteiger partial charge in [0.1, 0.15) is 13.2 Å². The maximum atomic E-state index is 12.5. The molecule has 0 unspecified atom stereocenters. The minimum absolute atomic E-state index is 0.172. The molecule has 1 heterocycles. The van der Waals surface area contributed by atoms with Crippen LogP contribution in [0, 0.1) is 0 Å². The Balaban J connectivity index is 1.39. The van der Waals surface area contributed by atoms with Crippen molar-refractivity contribution in [1.82, 2.24) is 16.1 Å². The van der Waals surface area contributed by atoms with E-state index in [9.17, 15) is 14.7 Å². The van der Waals surface area contributed by atoms with Crippen LogP contribution in [-0.4, -0.2) is 57.0 Å². The van der Waals surface area contributed by atoms with E-state index in [0.717, 1.165) is 5.56 Å². The van der Waals surface area contributed by atoms with Gasteiger partial charge < -0.3 is 39.4 Å². The molecule has 4 N–H and O–H groups in total. The highest BCUT2D eigenvalue weighted by Crippen LogP contribution is 2.37. The predicted octanol–water partition coefficient (Wildman–Crippen LogP) is 5.21. The van der Waals surface area contributed by atoms with E-state index in [1.165, 1.54) is 20.4 Å². The monoisotopic (exact) mass is 716 g/mol. The Morgan fingerprint density at radius 3 is 2.61 bits per heavy atom. The van der Waals surface area contributed by atoms with Gasteiger partial charge in [0.2, 0.25) is 0 Å². The van der Waals surface area contributed by atoms with Crippen LogP contribution in [0.15, 0.2) is 75.4 Å². The Labute approximate surface area is 279 Å². The molecule has 2 atom stereocenters. The zero-order valence-electron chi connectivity index (χ0n) is 25.6. The molecule has 0 saturated carbocycles. The minimum atomic E-state index is -1.17. The molecule has 3 aromatic carbocycles. The fourth-order valence-electron chi connectivity index (χ4n) is 4.54. The van der Waals surface area contributed by atoms with Crippen LogP contribution in [0.2, 0.25) is 5.02 Å². The number of esters is 1. The highest BCUT2D eigenvalue weighted by molar-refractivity contribution is 9.10. The Bertz CT molecular complexity index is 1630. The fourth-order valence-corrected chi connectivity index (χ4v) is 5.30. The number of halogens is 2. The van der Waals surface area contributed by atoms with Gasteiger partial charge in [-0.05, 0) is 71.2 Å². The highest BCUT2D eigenvalue weighted by atomic mass is 79.9. The zero-order valence-corrected chi connectivity index (χ0v) is 27.9. The average molecular weight is 718 g/mol. The van der Waals surface area contributed by atoms with E-state index in [0.29, 0.717) is 55.9 Å². The smallest absolute Gasteiger partial charge is 0.337 e. The Morgan fingerprint density at radius 1 is 1.11 bits per heavy atom. The van der Waals surface area contributed by atoms with Crippen molar-refractivity contribution in [2.75, 3.05) is 27.4 Å². The van der Waals surface area contributed by atoms with Crippen LogP contribution in [0.5, 0.6) is 23.0 Å². The molecule has 0 aromatic heterocycles. The third-order valence-electron chi connectivity index (χ3n) is 6.69. The Kier molecular flexibility index (Phi) is 12.1. The third kappa shape index (κ3) is 8.62. The van der Waals surface area contributed by atoms with Gasteiger partial charge in [0.25, 0.3) is 0 Å². The van der Waals surface area contributed by atoms with E-state index >= 15 is 0 Å². The number of ether oxygens (including phenoxy) is 5. The third-order valence-corrected chi connectivity index (χ3v) is 7.65. The van der Waals surface area contributed by atoms with Crippen LogP contribution < -0.4 is 35.0 Å². The van der Waals surface area contributed by atoms with Crippen molar-refractivity contribution in [1.29, 1.82) is 0 Å². The molecule has 12 nitrogen and oxygen atoms in total. The SMILES string of the molecule is CCOc1cc([C@H]2NC(=O)NC(C)=C2C(=O)OC)ccc1OC[C@H](O)N/N=C/c1cc(Br)c(OCc2ccccc2Cl)c(OC)c1. The van der Waals surface area contributed by atoms with E-state index in [1.807, 2.05) is 25.1 Å². The number of hydrazone groups is 1. The largest absolute Gasteiger partial charge is 0.493 e. The molecule has 0 spiro atoms. The number of rotatable bonds is 14. The van der Waals surface area contributed by atoms with Gasteiger partial charge in [0.15, 0.2) is 29.2 Å². The van der Waals surface area contributed by atoms with E-state index in [-0.39, 0.29) is 18.8 Å². The molecule has 244 valence electrons. The normalized spacial score (nSPS) is 15.1. The van der Waals surface area contributed by atoms with Crippen molar-refractivity contribution in [2.24, 2.45) is 5.10 Å². The van der Waals surface area contributed by atoms with Crippen molar-refractivity contribution < 1.29 is 38.4 Å². The summed E-state index contributed by atoms with van der Waals surface area (Å²) in [6.45, 7) is 3.84. The molecule has 1 aliphatic heterocycles. The lowest BCUT2D eigenvalue weighted by Gasteiger charge is -2.28. The number of aliphatic hydroxyl groups excluding tert-OH is 1. The van der Waals surface area contributed by atoms with Gasteiger partial charge in [-0.15, -0.1) is 0 Å². The Hall–Kier alpha value is -4.46. The van der Waals surface area contributed by atoms with Crippen LogP contribution >= 0.6 is 27.5 Å². The summed E-state index contributed by atoms with van der Waals surface area (Å²) in [6.07, 6.45) is 0.338. The summed E-state index contributed by atoms with van der Waals surface area (Å²) in [7, 11) is 2.80. The highest BCUT2D eigenvalue weighted by Gasteiger charge is 2.32. The summed E-state index contributed by atoms with van der Waals surface area (Å²) in [6, 6.07) is 14.7. The zero-order chi connectivity index (χ0) is 33.2. The number of benzene rings is 3. The lowest BCUT2D eigenvalue weighted by Crippen LogP contribution is -2.45. The van der Waals surface area contributed by atoms with E-state index in [2.05, 4.69) is 37.1 Å². The number of urea groups is 1. The van der Waals surface area contributed by atoms with Crippen LogP contribution in [-0.2, 0) is 16.1 Å². The first kappa shape index (κ1) is 34.4. The number of methoxy groups -OCH3 is 2. The molecule has 1 aliphatic rings. The molecular weight excluding hydrogens is 684 g/mol. The summed E-state index contributed by atoms with van der Waals surface area (Å²) in [5.41, 5.74) is 5.36. The Morgan fingerprint density at radius 2 is 1.89 bits per heavy atom. The van der Waals surface area contributed by atoms with Crippen molar-refractivity contribution >= 4 is 45.7 Å². The summed E-state index contributed by atoms with van der Waals surface area (Å²) in [4.78, 5) is 24.6. The number of carbonyl (C=O) groups is 2. The minimum Gasteiger partial charge on any atom is -0.493 e. The van der Waals surface area contributed by atoms with Gasteiger partial charge >= 0.3 is 12.0 Å². The number of hydrogen-bond acceptors (Lipinski definition) is 10. The first-order valence-electron chi connectivity index (χ1n) is 14.1. The molecule has 0 saturated heterocycles. The molecule has 0 bridgehead atoms. The summed E-state index contributed by atoms with van der Waals surface area (Å²) >= 11 is 9.76. The lowest BCUT2D eigenvalue weighted by atomic mass is 9.95. The number of nitrogens with one attached hydrogen (secondary N) is 3. The second-order valence-electron chi connectivity index (χ2n) is 9.83. The second-order valence-corrected chi connectivity index (χ2v) is 11.1. The second kappa shape index (κ2) is 16.2. The molecule has 0 aliphatic carbocycles. The quantitative estimate of drug-likeness (QED) is 0.0764. The molecule has 0 radical (unpaired) electrons. The van der Waals surface area contributed by atoms with Gasteiger partial charge in [-0.3, -0.25) is 5.43 Å². The molecule has 4 rings (SSSR count). The first-order chi connectivity index (χ1) is 22.1. The molecule has 2 amide bonds. The van der Waals surface area contributed by atoms with Crippen LogP contribution in [0.25, 0.3) is 0 Å². The maximum absolute atomic E-state index is 12.5. The van der Waals surface area contributed by atoms with Crippen LogP contribution in [0.4, 0.5) is 4.79 Å². The average Bonchev–Trinajstić information content (AvgIpc) is 3.03. The molecule has 0 fully saturated rings. The summed E-state index contributed by atoms with van der Waals surface area (Å²) in [5, 5.41) is 20.5. The predicted molar refractivity (Wildman–Crippen MR) is 175 cm³/mol.